The molecule has 1 aliphatic heterocycles. The lowest BCUT2D eigenvalue weighted by atomic mass is 9.87. The number of rotatable bonds is 3. The molecule has 2 heterocycles. The minimum Gasteiger partial charge on any atom is -0.370 e. The Balaban J connectivity index is 1.67. The topological polar surface area (TPSA) is 51.0 Å². The van der Waals surface area contributed by atoms with Crippen LogP contribution in [-0.4, -0.2) is 10.1 Å². The predicted octanol–water partition coefficient (Wildman–Crippen LogP) is 6.53. The zero-order valence-corrected chi connectivity index (χ0v) is 17.5. The van der Waals surface area contributed by atoms with Crippen LogP contribution in [0.15, 0.2) is 77.3 Å². The third-order valence-electron chi connectivity index (χ3n) is 6.00. The maximum absolute atomic E-state index is 5.80. The van der Waals surface area contributed by atoms with Gasteiger partial charge in [0.2, 0.25) is 5.82 Å². The highest BCUT2D eigenvalue weighted by atomic mass is 16.5. The molecule has 2 atom stereocenters. The number of nitrogens with zero attached hydrogens (tertiary/aromatic N) is 2. The molecule has 0 amide bonds. The van der Waals surface area contributed by atoms with Crippen molar-refractivity contribution in [2.75, 3.05) is 5.32 Å². The molecule has 0 saturated heterocycles. The summed E-state index contributed by atoms with van der Waals surface area (Å²) in [5.74, 6) is 1.87. The van der Waals surface area contributed by atoms with Crippen molar-refractivity contribution in [3.63, 3.8) is 0 Å². The predicted molar refractivity (Wildman–Crippen MR) is 120 cm³/mol. The van der Waals surface area contributed by atoms with Crippen LogP contribution < -0.4 is 5.32 Å². The molecule has 5 rings (SSSR count). The van der Waals surface area contributed by atoms with Crippen molar-refractivity contribution in [1.82, 2.24) is 10.1 Å². The van der Waals surface area contributed by atoms with Crippen molar-refractivity contribution in [2.45, 2.75) is 38.6 Å². The highest BCUT2D eigenvalue weighted by Crippen LogP contribution is 2.44. The molecule has 4 aromatic rings. The van der Waals surface area contributed by atoms with Crippen molar-refractivity contribution in [1.29, 1.82) is 0 Å². The Morgan fingerprint density at radius 2 is 1.53 bits per heavy atom. The van der Waals surface area contributed by atoms with E-state index < -0.39 is 0 Å². The van der Waals surface area contributed by atoms with Crippen molar-refractivity contribution in [3.05, 3.63) is 101 Å². The molecule has 0 spiro atoms. The van der Waals surface area contributed by atoms with Crippen LogP contribution in [0.1, 0.15) is 66.8 Å². The van der Waals surface area contributed by atoms with E-state index in [1.165, 1.54) is 27.9 Å². The average molecular weight is 396 g/mol. The number of benzene rings is 3. The summed E-state index contributed by atoms with van der Waals surface area (Å²) in [6, 6.07) is 24.9. The maximum atomic E-state index is 5.80. The van der Waals surface area contributed by atoms with Crippen LogP contribution in [0.2, 0.25) is 0 Å². The summed E-state index contributed by atoms with van der Waals surface area (Å²) in [7, 11) is 0. The van der Waals surface area contributed by atoms with E-state index in [0.29, 0.717) is 17.6 Å². The van der Waals surface area contributed by atoms with Gasteiger partial charge >= 0.3 is 0 Å². The van der Waals surface area contributed by atoms with Crippen LogP contribution in [-0.2, 0) is 0 Å². The fourth-order valence-electron chi connectivity index (χ4n) is 4.41. The van der Waals surface area contributed by atoms with Gasteiger partial charge in [-0.1, -0.05) is 98.7 Å². The summed E-state index contributed by atoms with van der Waals surface area (Å²) in [6.07, 6.45) is 0. The lowest BCUT2D eigenvalue weighted by Gasteiger charge is -2.21. The Morgan fingerprint density at radius 3 is 2.30 bits per heavy atom. The molecule has 30 heavy (non-hydrogen) atoms. The average Bonchev–Trinajstić information content (AvgIpc) is 3.23. The van der Waals surface area contributed by atoms with Gasteiger partial charge in [-0.3, -0.25) is 0 Å². The van der Waals surface area contributed by atoms with Crippen LogP contribution in [0.25, 0.3) is 11.4 Å². The van der Waals surface area contributed by atoms with Crippen molar-refractivity contribution in [3.8, 4) is 11.4 Å². The highest BCUT2D eigenvalue weighted by Gasteiger charge is 2.31. The number of nitrogens with one attached hydrogen (secondary N) is 1. The van der Waals surface area contributed by atoms with E-state index in [-0.39, 0.29) is 12.0 Å². The van der Waals surface area contributed by atoms with Gasteiger partial charge < -0.3 is 9.84 Å². The molecular formula is C26H25N3O. The Bertz CT molecular complexity index is 1180. The van der Waals surface area contributed by atoms with Gasteiger partial charge in [-0.25, -0.2) is 0 Å². The van der Waals surface area contributed by atoms with Crippen LogP contribution in [0.5, 0.6) is 0 Å². The highest BCUT2D eigenvalue weighted by molar-refractivity contribution is 5.66. The fourth-order valence-corrected chi connectivity index (χ4v) is 4.41. The van der Waals surface area contributed by atoms with Gasteiger partial charge in [-0.15, -0.1) is 0 Å². The first kappa shape index (κ1) is 18.6. The smallest absolute Gasteiger partial charge is 0.254 e. The zero-order chi connectivity index (χ0) is 20.7. The second-order valence-corrected chi connectivity index (χ2v) is 8.22. The first-order chi connectivity index (χ1) is 14.6. The van der Waals surface area contributed by atoms with Crippen molar-refractivity contribution < 1.29 is 4.52 Å². The molecule has 150 valence electrons. The van der Waals surface area contributed by atoms with E-state index in [1.807, 2.05) is 30.3 Å². The summed E-state index contributed by atoms with van der Waals surface area (Å²) >= 11 is 0. The van der Waals surface area contributed by atoms with Gasteiger partial charge in [0.05, 0.1) is 0 Å². The molecule has 1 aliphatic rings. The first-order valence-electron chi connectivity index (χ1n) is 10.5. The molecule has 1 aromatic heterocycles. The van der Waals surface area contributed by atoms with E-state index in [9.17, 15) is 0 Å². The van der Waals surface area contributed by atoms with Gasteiger partial charge in [0.25, 0.3) is 5.89 Å². The van der Waals surface area contributed by atoms with Gasteiger partial charge in [-0.2, -0.15) is 4.98 Å². The molecular weight excluding hydrogens is 370 g/mol. The number of hydrogen-bond donors (Lipinski definition) is 1. The number of anilines is 1. The van der Waals surface area contributed by atoms with E-state index in [1.54, 1.807) is 0 Å². The first-order valence-corrected chi connectivity index (χ1v) is 10.5. The largest absolute Gasteiger partial charge is 0.370 e. The Kier molecular flexibility index (Phi) is 4.62. The lowest BCUT2D eigenvalue weighted by molar-refractivity contribution is 0.372. The number of fused-ring (bicyclic) bond motifs is 2. The molecule has 4 heteroatoms. The molecule has 0 saturated carbocycles. The normalized spacial score (nSPS) is 17.7. The third kappa shape index (κ3) is 3.09. The van der Waals surface area contributed by atoms with Gasteiger partial charge in [0.15, 0.2) is 0 Å². The van der Waals surface area contributed by atoms with E-state index >= 15 is 0 Å². The van der Waals surface area contributed by atoms with Gasteiger partial charge in [0.1, 0.15) is 6.04 Å². The number of para-hydroxylation sites is 1. The minimum atomic E-state index is -0.199. The summed E-state index contributed by atoms with van der Waals surface area (Å²) in [4.78, 5) is 4.78. The third-order valence-corrected chi connectivity index (χ3v) is 6.00. The monoisotopic (exact) mass is 395 g/mol. The van der Waals surface area contributed by atoms with Crippen LogP contribution in [0.3, 0.4) is 0 Å². The molecule has 0 fully saturated rings. The minimum absolute atomic E-state index is 0.199. The lowest BCUT2D eigenvalue weighted by Crippen LogP contribution is -2.14. The number of hydrogen-bond acceptors (Lipinski definition) is 4. The molecule has 2 unspecified atom stereocenters. The van der Waals surface area contributed by atoms with Crippen LogP contribution >= 0.6 is 0 Å². The Labute approximate surface area is 177 Å². The Morgan fingerprint density at radius 1 is 0.833 bits per heavy atom. The number of aromatic nitrogens is 2. The van der Waals surface area contributed by atoms with Gasteiger partial charge in [0, 0.05) is 17.2 Å². The zero-order valence-electron chi connectivity index (χ0n) is 17.5. The molecule has 1 N–H and O–H groups in total. The Hall–Kier alpha value is -3.40. The maximum Gasteiger partial charge on any atom is 0.254 e. The molecule has 0 radical (unpaired) electrons. The van der Waals surface area contributed by atoms with Crippen LogP contribution in [0, 0.1) is 0 Å². The van der Waals surface area contributed by atoms with E-state index in [0.717, 1.165) is 5.56 Å². The fraction of sp³-hybridized carbons (Fsp3) is 0.231. The van der Waals surface area contributed by atoms with Crippen molar-refractivity contribution in [2.24, 2.45) is 0 Å². The summed E-state index contributed by atoms with van der Waals surface area (Å²) < 4.78 is 5.80. The van der Waals surface area contributed by atoms with E-state index in [2.05, 4.69) is 73.7 Å². The standard InChI is InChI=1S/C26H25N3O/c1-16(2)19-14-9-15-21-17(3)20-12-7-8-13-22(20)24(27-23(19)21)26-28-25(29-30-26)18-10-5-4-6-11-18/h4-17,24,27H,1-3H3. The van der Waals surface area contributed by atoms with Crippen LogP contribution in [0.4, 0.5) is 5.69 Å². The van der Waals surface area contributed by atoms with Crippen molar-refractivity contribution >= 4 is 5.69 Å². The molecule has 0 aliphatic carbocycles. The van der Waals surface area contributed by atoms with Gasteiger partial charge in [-0.05, 0) is 28.2 Å². The molecule has 0 bridgehead atoms. The molecule has 4 nitrogen and oxygen atoms in total. The SMILES string of the molecule is CC(C)c1cccc2c1NC(c1nc(-c3ccccc3)no1)c1ccccc1C2C. The summed E-state index contributed by atoms with van der Waals surface area (Å²) in [5, 5.41) is 8.05. The quantitative estimate of drug-likeness (QED) is 0.429. The summed E-state index contributed by atoms with van der Waals surface area (Å²) in [6.45, 7) is 6.74. The summed E-state index contributed by atoms with van der Waals surface area (Å²) in [5.41, 5.74) is 7.21. The second kappa shape index (κ2) is 7.45. The second-order valence-electron chi connectivity index (χ2n) is 8.22. The molecule has 3 aromatic carbocycles. The van der Waals surface area contributed by atoms with E-state index in [4.69, 9.17) is 9.51 Å².